The second kappa shape index (κ2) is 30.0. The molecule has 12 heterocycles. The molecule has 0 aromatic carbocycles. The highest BCUT2D eigenvalue weighted by molar-refractivity contribution is 7.84. The molecule has 6 fully saturated rings. The van der Waals surface area contributed by atoms with Gasteiger partial charge in [0.2, 0.25) is 23.8 Å². The Morgan fingerprint density at radius 2 is 0.802 bits per heavy atom. The van der Waals surface area contributed by atoms with E-state index in [1.165, 1.54) is 38.3 Å². The van der Waals surface area contributed by atoms with Crippen LogP contribution in [-0.2, 0) is 22.0 Å². The quantitative estimate of drug-likeness (QED) is 0.0796. The molecule has 3 aliphatic carbocycles. The minimum atomic E-state index is -1.07. The van der Waals surface area contributed by atoms with Crippen LogP contribution in [0.2, 0.25) is 15.1 Å². The van der Waals surface area contributed by atoms with Gasteiger partial charge in [-0.25, -0.2) is 62.7 Å². The molecule has 101 heavy (non-hydrogen) atoms. The SMILES string of the molecule is C.Cc1nc(N2CCC3(CCC[C@H]3N)CC2)n2ccnc2c1-c1ccnc(N)c1Cl.Cc1nc(N2CCC3(CCC[C@H]3N[S@](=O)C(C)(C)C)CC2)n2ccnc2c1-c1ccnc(F)c1Cl.Cc1nc(N2CCC3(CCC[C@H]3N[S@](=O)C(C)(C)C)CC2)n2ccnc2c1-c1ccnc(N)c1Cl.Cl. The maximum absolute atomic E-state index is 14.1. The highest BCUT2D eigenvalue weighted by atomic mass is 35.5. The summed E-state index contributed by atoms with van der Waals surface area (Å²) >= 11 is 19.2. The first-order chi connectivity index (χ1) is 47.2. The van der Waals surface area contributed by atoms with E-state index in [4.69, 9.17) is 67.0 Å². The van der Waals surface area contributed by atoms with Gasteiger partial charge in [-0.1, -0.05) is 61.5 Å². The number of hydrogen-bond donors (Lipinski definition) is 5. The van der Waals surface area contributed by atoms with Crippen molar-refractivity contribution < 1.29 is 12.8 Å². The highest BCUT2D eigenvalue weighted by Crippen LogP contribution is 2.51. The average Bonchev–Trinajstić information content (AvgIpc) is 1.74. The predicted octanol–water partition coefficient (Wildman–Crippen LogP) is 14.1. The fraction of sp³-hybridized carbons (Fsp3) is 0.542. The van der Waals surface area contributed by atoms with Gasteiger partial charge in [-0.05, 0) is 174 Å². The van der Waals surface area contributed by atoms with Gasteiger partial charge in [-0.3, -0.25) is 13.2 Å². The van der Waals surface area contributed by atoms with Crippen molar-refractivity contribution in [2.24, 2.45) is 22.0 Å². The van der Waals surface area contributed by atoms with Crippen LogP contribution >= 0.6 is 47.2 Å². The van der Waals surface area contributed by atoms with Crippen molar-refractivity contribution in [2.45, 2.75) is 194 Å². The molecule has 15 rings (SSSR count). The number of piperidine rings is 3. The summed E-state index contributed by atoms with van der Waals surface area (Å²) in [5.74, 6) is 2.56. The van der Waals surface area contributed by atoms with Crippen LogP contribution in [0.1, 0.15) is 162 Å². The Labute approximate surface area is 618 Å². The maximum Gasteiger partial charge on any atom is 0.232 e. The molecule has 9 aromatic heterocycles. The van der Waals surface area contributed by atoms with Crippen LogP contribution in [0.5, 0.6) is 0 Å². The zero-order chi connectivity index (χ0) is 70.1. The van der Waals surface area contributed by atoms with E-state index < -0.39 is 27.9 Å². The third kappa shape index (κ3) is 14.5. The van der Waals surface area contributed by atoms with Crippen molar-refractivity contribution in [3.8, 4) is 33.4 Å². The fourth-order valence-electron chi connectivity index (χ4n) is 16.4. The second-order valence-electron chi connectivity index (χ2n) is 30.0. The Morgan fingerprint density at radius 3 is 1.14 bits per heavy atom. The molecule has 29 heteroatoms. The van der Waals surface area contributed by atoms with E-state index in [0.29, 0.717) is 56.0 Å². The van der Waals surface area contributed by atoms with Crippen LogP contribution in [0.3, 0.4) is 0 Å². The smallest absolute Gasteiger partial charge is 0.232 e. The molecule has 3 saturated carbocycles. The van der Waals surface area contributed by atoms with Crippen molar-refractivity contribution in [1.29, 1.82) is 0 Å². The number of anilines is 5. The van der Waals surface area contributed by atoms with Crippen LogP contribution in [0.15, 0.2) is 74.0 Å². The zero-order valence-corrected chi connectivity index (χ0v) is 63.2. The van der Waals surface area contributed by atoms with Crippen LogP contribution in [-0.4, -0.2) is 133 Å². The third-order valence-corrected chi connectivity index (χ3v) is 26.5. The van der Waals surface area contributed by atoms with Crippen molar-refractivity contribution in [3.63, 3.8) is 0 Å². The standard InChI is InChI=1S/C25H32ClFN6OS.C25H34ClN7OS.C21H26ClN7.CH4.ClH/c2*1-16-19(17-7-11-28-21(27)20(17)26)22-29-12-15-33(22)23(30-16)32-13-9-25(10-14-32)8-5-6-18(25)31-35(34)24(2,3)4;1-13-16(14-4-8-25-18(24)17(14)22)19-26-9-12-29(19)20(27-13)28-10-6-21(7-11-28)5-2-3-15(21)23;;/h7,11-12,15,18,31H,5-6,8-10,13-14H2,1-4H3;7,11-12,15,18,31H,5-6,8-10,13-14H2,1-4H3,(H2,27,28);4,8-9,12,15H,2-3,5-7,10-11,23H2,1H3,(H2,24,25);1H4;1H/t2*18-,35-;15-;;/m111../s1. The number of fused-ring (bicyclic) bond motifs is 3. The Hall–Kier alpha value is -6.42. The topological polar surface area (TPSA) is 275 Å². The van der Waals surface area contributed by atoms with Crippen molar-refractivity contribution in [1.82, 2.24) is 67.5 Å². The Bertz CT molecular complexity index is 4330. The molecule has 8 N–H and O–H groups in total. The summed E-state index contributed by atoms with van der Waals surface area (Å²) in [4.78, 5) is 47.6. The largest absolute Gasteiger partial charge is 0.382 e. The molecule has 3 aliphatic heterocycles. The number of rotatable bonds is 10. The molecule has 544 valence electrons. The van der Waals surface area contributed by atoms with Crippen LogP contribution in [0.25, 0.3) is 50.3 Å². The zero-order valence-electron chi connectivity index (χ0n) is 58.5. The minimum absolute atomic E-state index is 0. The lowest BCUT2D eigenvalue weighted by molar-refractivity contribution is 0.187. The average molecular weight is 1500 g/mol. The molecule has 22 nitrogen and oxygen atoms in total. The van der Waals surface area contributed by atoms with Crippen molar-refractivity contribution in [3.05, 3.63) is 112 Å². The van der Waals surface area contributed by atoms with E-state index in [0.717, 1.165) is 172 Å². The molecule has 3 spiro atoms. The number of nitrogens with zero attached hydrogens (tertiary/aromatic N) is 15. The van der Waals surface area contributed by atoms with Gasteiger partial charge in [-0.15, -0.1) is 12.4 Å². The number of nitrogens with two attached hydrogens (primary N) is 3. The molecule has 6 aliphatic rings. The van der Waals surface area contributed by atoms with E-state index in [1.807, 2.05) is 102 Å². The molecule has 3 saturated heterocycles. The van der Waals surface area contributed by atoms with E-state index in [2.05, 4.69) is 58.4 Å². The van der Waals surface area contributed by atoms with Gasteiger partial charge in [0.1, 0.15) is 33.6 Å². The highest BCUT2D eigenvalue weighted by Gasteiger charge is 2.49. The molecule has 0 radical (unpaired) electrons. The number of halogens is 5. The molecule has 9 aromatic rings. The minimum Gasteiger partial charge on any atom is -0.382 e. The number of nitrogens with one attached hydrogen (secondary N) is 2. The monoisotopic (exact) mass is 1500 g/mol. The van der Waals surface area contributed by atoms with Gasteiger partial charge < -0.3 is 31.9 Å². The number of hydrogen-bond acceptors (Lipinski definition) is 17. The summed E-state index contributed by atoms with van der Waals surface area (Å²) in [6.45, 7) is 23.5. The summed E-state index contributed by atoms with van der Waals surface area (Å²) < 4.78 is 52.2. The molecule has 0 bridgehead atoms. The first-order valence-corrected chi connectivity index (χ1v) is 38.1. The van der Waals surface area contributed by atoms with E-state index in [1.54, 1.807) is 37.1 Å². The number of aryl methyl sites for hydroxylation is 3. The molecular weight excluding hydrogens is 1400 g/mol. The van der Waals surface area contributed by atoms with E-state index in [-0.39, 0.29) is 51.2 Å². The second-order valence-corrected chi connectivity index (χ2v) is 35.1. The lowest BCUT2D eigenvalue weighted by Gasteiger charge is -2.44. The van der Waals surface area contributed by atoms with Gasteiger partial charge in [0.25, 0.3) is 0 Å². The third-order valence-electron chi connectivity index (χ3n) is 22.1. The fourth-order valence-corrected chi connectivity index (χ4v) is 19.0. The van der Waals surface area contributed by atoms with E-state index in [9.17, 15) is 12.8 Å². The van der Waals surface area contributed by atoms with E-state index >= 15 is 0 Å². The van der Waals surface area contributed by atoms with Crippen LogP contribution < -0.4 is 41.3 Å². The van der Waals surface area contributed by atoms with Gasteiger partial charge in [0, 0.05) is 147 Å². The summed E-state index contributed by atoms with van der Waals surface area (Å²) in [6, 6.07) is 6.34. The normalized spacial score (nSPS) is 20.8. The molecule has 0 unspecified atom stereocenters. The lowest BCUT2D eigenvalue weighted by Crippen LogP contribution is -2.51. The van der Waals surface area contributed by atoms with Crippen LogP contribution in [0.4, 0.5) is 33.9 Å². The number of imidazole rings is 3. The predicted molar refractivity (Wildman–Crippen MR) is 411 cm³/mol. The van der Waals surface area contributed by atoms with Gasteiger partial charge in [0.05, 0.1) is 58.6 Å². The first-order valence-electron chi connectivity index (χ1n) is 34.7. The summed E-state index contributed by atoms with van der Waals surface area (Å²) in [6.07, 6.45) is 32.8. The number of nitrogen functional groups attached to an aromatic ring is 2. The number of aromatic nitrogens is 12. The van der Waals surface area contributed by atoms with Crippen molar-refractivity contribution in [2.75, 3.05) is 65.4 Å². The Kier molecular flexibility index (Phi) is 22.5. The molecule has 5 atom stereocenters. The summed E-state index contributed by atoms with van der Waals surface area (Å²) in [5.41, 5.74) is 28.5. The Balaban J connectivity index is 0.000000152. The maximum atomic E-state index is 14.1. The van der Waals surface area contributed by atoms with Gasteiger partial charge >= 0.3 is 0 Å². The van der Waals surface area contributed by atoms with Crippen LogP contribution in [0, 0.1) is 43.0 Å². The lowest BCUT2D eigenvalue weighted by atomic mass is 9.74. The van der Waals surface area contributed by atoms with Gasteiger partial charge in [-0.2, -0.15) is 4.39 Å². The first kappa shape index (κ1) is 75.7. The number of pyridine rings is 3. The molecule has 0 amide bonds. The van der Waals surface area contributed by atoms with Crippen molar-refractivity contribution >= 4 is 116 Å². The van der Waals surface area contributed by atoms with Gasteiger partial charge in [0.15, 0.2) is 0 Å². The Morgan fingerprint density at radius 1 is 0.485 bits per heavy atom. The molecular formula is C72H97Cl4FN20O2S2. The summed E-state index contributed by atoms with van der Waals surface area (Å²) in [5, 5.41) is 0.829. The summed E-state index contributed by atoms with van der Waals surface area (Å²) in [7, 11) is -2.12.